The van der Waals surface area contributed by atoms with E-state index in [-0.39, 0.29) is 18.3 Å². The smallest absolute Gasteiger partial charge is 0.240 e. The number of nitrogens with one attached hydrogen (secondary N) is 1. The molecule has 0 aliphatic heterocycles. The van der Waals surface area contributed by atoms with Crippen LogP contribution < -0.4 is 11.1 Å². The minimum Gasteiger partial charge on any atom is -0.348 e. The second kappa shape index (κ2) is 5.84. The molecule has 3 nitrogen and oxygen atoms in total. The van der Waals surface area contributed by atoms with Crippen LogP contribution >= 0.6 is 12.4 Å². The van der Waals surface area contributed by atoms with Crippen LogP contribution in [-0.4, -0.2) is 11.4 Å². The monoisotopic (exact) mass is 290 g/mol. The van der Waals surface area contributed by atoms with Crippen molar-refractivity contribution in [3.8, 4) is 0 Å². The number of carbonyl (C=O) groups is 1. The van der Waals surface area contributed by atoms with E-state index in [0.717, 1.165) is 18.6 Å². The molecular formula is C13H17ClF2N2O. The minimum atomic E-state index is -0.917. The number of halogens is 3. The fraction of sp³-hybridized carbons (Fsp3) is 0.462. The summed E-state index contributed by atoms with van der Waals surface area (Å²) >= 11 is 0. The van der Waals surface area contributed by atoms with Gasteiger partial charge >= 0.3 is 0 Å². The van der Waals surface area contributed by atoms with E-state index in [1.54, 1.807) is 6.92 Å². The van der Waals surface area contributed by atoms with Gasteiger partial charge in [0.15, 0.2) is 11.6 Å². The first-order chi connectivity index (χ1) is 8.42. The van der Waals surface area contributed by atoms with Crippen LogP contribution in [0, 0.1) is 11.6 Å². The van der Waals surface area contributed by atoms with Crippen LogP contribution in [-0.2, 0) is 4.79 Å². The molecule has 3 N–H and O–H groups in total. The van der Waals surface area contributed by atoms with Crippen LogP contribution in [0.5, 0.6) is 0 Å². The van der Waals surface area contributed by atoms with Crippen LogP contribution in [0.1, 0.15) is 37.8 Å². The first-order valence-electron chi connectivity index (χ1n) is 5.97. The first kappa shape index (κ1) is 15.9. The predicted octanol–water partition coefficient (Wildman–Crippen LogP) is 2.45. The molecule has 1 fully saturated rings. The standard InChI is InChI=1S/C13H16F2N2O.ClH/c1-8(9-3-4-10(14)11(15)7-9)17-12(18)13(16)5-2-6-13;/h3-4,7-8H,2,5-6,16H2,1H3,(H,17,18);1H. The van der Waals surface area contributed by atoms with Gasteiger partial charge in [0.1, 0.15) is 0 Å². The second-order valence-electron chi connectivity index (χ2n) is 4.88. The highest BCUT2D eigenvalue weighted by Gasteiger charge is 2.40. The third kappa shape index (κ3) is 3.22. The Bertz CT molecular complexity index is 478. The van der Waals surface area contributed by atoms with Gasteiger partial charge in [0.25, 0.3) is 0 Å². The van der Waals surface area contributed by atoms with Crippen molar-refractivity contribution in [2.24, 2.45) is 5.73 Å². The summed E-state index contributed by atoms with van der Waals surface area (Å²) in [6.45, 7) is 1.71. The summed E-state index contributed by atoms with van der Waals surface area (Å²) in [5.74, 6) is -2.04. The molecule has 1 aromatic rings. The number of rotatable bonds is 3. The lowest BCUT2D eigenvalue weighted by atomic mass is 9.77. The second-order valence-corrected chi connectivity index (χ2v) is 4.88. The molecule has 1 unspecified atom stereocenters. The first-order valence-corrected chi connectivity index (χ1v) is 5.97. The summed E-state index contributed by atoms with van der Waals surface area (Å²) in [4.78, 5) is 11.9. The van der Waals surface area contributed by atoms with Gasteiger partial charge in [-0.05, 0) is 43.9 Å². The highest BCUT2D eigenvalue weighted by molar-refractivity contribution is 5.87. The molecular weight excluding hydrogens is 274 g/mol. The zero-order chi connectivity index (χ0) is 13.3. The molecule has 0 radical (unpaired) electrons. The molecule has 1 amide bonds. The van der Waals surface area contributed by atoms with E-state index in [2.05, 4.69) is 5.32 Å². The van der Waals surface area contributed by atoms with Crippen molar-refractivity contribution in [2.75, 3.05) is 0 Å². The average Bonchev–Trinajstić information content (AvgIpc) is 2.29. The van der Waals surface area contributed by atoms with E-state index in [1.807, 2.05) is 0 Å². The lowest BCUT2D eigenvalue weighted by Gasteiger charge is -2.37. The Balaban J connectivity index is 0.00000180. The van der Waals surface area contributed by atoms with Gasteiger partial charge in [-0.2, -0.15) is 0 Å². The van der Waals surface area contributed by atoms with Crippen LogP contribution in [0.3, 0.4) is 0 Å². The van der Waals surface area contributed by atoms with E-state index < -0.39 is 23.2 Å². The molecule has 19 heavy (non-hydrogen) atoms. The molecule has 0 heterocycles. The van der Waals surface area contributed by atoms with Gasteiger partial charge in [-0.3, -0.25) is 4.79 Å². The summed E-state index contributed by atoms with van der Waals surface area (Å²) < 4.78 is 25.9. The molecule has 1 atom stereocenters. The van der Waals surface area contributed by atoms with Crippen LogP contribution in [0.2, 0.25) is 0 Å². The van der Waals surface area contributed by atoms with Gasteiger partial charge in [-0.15, -0.1) is 12.4 Å². The van der Waals surface area contributed by atoms with Gasteiger partial charge in [0.05, 0.1) is 11.6 Å². The quantitative estimate of drug-likeness (QED) is 0.898. The summed E-state index contributed by atoms with van der Waals surface area (Å²) in [6.07, 6.45) is 2.29. The number of hydrogen-bond donors (Lipinski definition) is 2. The molecule has 1 aliphatic carbocycles. The predicted molar refractivity (Wildman–Crippen MR) is 70.9 cm³/mol. The largest absolute Gasteiger partial charge is 0.348 e. The fourth-order valence-electron chi connectivity index (χ4n) is 1.99. The van der Waals surface area contributed by atoms with Crippen molar-refractivity contribution in [1.29, 1.82) is 0 Å². The zero-order valence-corrected chi connectivity index (χ0v) is 11.4. The molecule has 0 aromatic heterocycles. The Kier molecular flexibility index (Phi) is 4.87. The maximum Gasteiger partial charge on any atom is 0.240 e. The summed E-state index contributed by atoms with van der Waals surface area (Å²) in [5, 5.41) is 2.73. The van der Waals surface area contributed by atoms with E-state index in [1.165, 1.54) is 6.07 Å². The highest BCUT2D eigenvalue weighted by atomic mass is 35.5. The van der Waals surface area contributed by atoms with Crippen LogP contribution in [0.25, 0.3) is 0 Å². The zero-order valence-electron chi connectivity index (χ0n) is 10.6. The van der Waals surface area contributed by atoms with Gasteiger partial charge in [-0.1, -0.05) is 6.07 Å². The molecule has 0 spiro atoms. The Labute approximate surface area is 117 Å². The lowest BCUT2D eigenvalue weighted by Crippen LogP contribution is -2.58. The highest BCUT2D eigenvalue weighted by Crippen LogP contribution is 2.30. The number of amides is 1. The Morgan fingerprint density at radius 1 is 1.37 bits per heavy atom. The lowest BCUT2D eigenvalue weighted by molar-refractivity contribution is -0.129. The molecule has 2 rings (SSSR count). The number of benzene rings is 1. The molecule has 0 saturated heterocycles. The van der Waals surface area contributed by atoms with E-state index in [4.69, 9.17) is 5.73 Å². The van der Waals surface area contributed by atoms with E-state index in [0.29, 0.717) is 18.4 Å². The number of carbonyl (C=O) groups excluding carboxylic acids is 1. The van der Waals surface area contributed by atoms with Crippen LogP contribution in [0.4, 0.5) is 8.78 Å². The van der Waals surface area contributed by atoms with Gasteiger partial charge in [0.2, 0.25) is 5.91 Å². The molecule has 106 valence electrons. The molecule has 1 saturated carbocycles. The number of hydrogen-bond acceptors (Lipinski definition) is 2. The maximum atomic E-state index is 13.1. The van der Waals surface area contributed by atoms with E-state index in [9.17, 15) is 13.6 Å². The summed E-state index contributed by atoms with van der Waals surface area (Å²) in [6, 6.07) is 3.19. The van der Waals surface area contributed by atoms with Crippen molar-refractivity contribution in [3.05, 3.63) is 35.4 Å². The van der Waals surface area contributed by atoms with Crippen molar-refractivity contribution in [2.45, 2.75) is 37.8 Å². The van der Waals surface area contributed by atoms with Gasteiger partial charge in [-0.25, -0.2) is 8.78 Å². The van der Waals surface area contributed by atoms with Gasteiger partial charge in [0, 0.05) is 0 Å². The van der Waals surface area contributed by atoms with Crippen molar-refractivity contribution in [1.82, 2.24) is 5.32 Å². The van der Waals surface area contributed by atoms with Gasteiger partial charge < -0.3 is 11.1 Å². The maximum absolute atomic E-state index is 13.1. The van der Waals surface area contributed by atoms with Crippen molar-refractivity contribution >= 4 is 18.3 Å². The fourth-order valence-corrected chi connectivity index (χ4v) is 1.99. The topological polar surface area (TPSA) is 55.1 Å². The van der Waals surface area contributed by atoms with Crippen LogP contribution in [0.15, 0.2) is 18.2 Å². The summed E-state index contributed by atoms with van der Waals surface area (Å²) in [5.41, 5.74) is 5.61. The van der Waals surface area contributed by atoms with E-state index >= 15 is 0 Å². The SMILES string of the molecule is CC(NC(=O)C1(N)CCC1)c1ccc(F)c(F)c1.Cl. The molecule has 1 aromatic carbocycles. The summed E-state index contributed by atoms with van der Waals surface area (Å²) in [7, 11) is 0. The Morgan fingerprint density at radius 2 is 2.00 bits per heavy atom. The Morgan fingerprint density at radius 3 is 2.47 bits per heavy atom. The molecule has 1 aliphatic rings. The average molecular weight is 291 g/mol. The molecule has 0 bridgehead atoms. The number of nitrogens with two attached hydrogens (primary N) is 1. The third-order valence-electron chi connectivity index (χ3n) is 3.49. The molecule has 6 heteroatoms. The minimum absolute atomic E-state index is 0. The Hall–Kier alpha value is -1.20. The van der Waals surface area contributed by atoms with Crippen molar-refractivity contribution in [3.63, 3.8) is 0 Å². The third-order valence-corrected chi connectivity index (χ3v) is 3.49. The normalized spacial score (nSPS) is 17.9. The van der Waals surface area contributed by atoms with Crippen molar-refractivity contribution < 1.29 is 13.6 Å².